The maximum atomic E-state index is 12.7. The lowest BCUT2D eigenvalue weighted by atomic mass is 10.1. The molecule has 0 unspecified atom stereocenters. The molecule has 0 spiro atoms. The van der Waals surface area contributed by atoms with Crippen LogP contribution in [0.1, 0.15) is 27.0 Å². The Morgan fingerprint density at radius 3 is 2.41 bits per heavy atom. The molecule has 0 aliphatic carbocycles. The number of carbonyl (C=O) groups is 2. The van der Waals surface area contributed by atoms with Crippen molar-refractivity contribution in [3.63, 3.8) is 0 Å². The minimum absolute atomic E-state index is 0.00933. The van der Waals surface area contributed by atoms with Gasteiger partial charge in [0.2, 0.25) is 10.0 Å². The van der Waals surface area contributed by atoms with Crippen molar-refractivity contribution in [2.45, 2.75) is 19.4 Å². The summed E-state index contributed by atoms with van der Waals surface area (Å²) in [6.45, 7) is 0.494. The number of nitrogens with one attached hydrogen (secondary N) is 2. The molecule has 0 saturated heterocycles. The number of halogens is 1. The molecule has 3 N–H and O–H groups in total. The van der Waals surface area contributed by atoms with Crippen molar-refractivity contribution in [2.75, 3.05) is 12.8 Å². The van der Waals surface area contributed by atoms with Gasteiger partial charge in [0.05, 0.1) is 23.9 Å². The van der Waals surface area contributed by atoms with E-state index in [0.717, 1.165) is 22.7 Å². The topological polar surface area (TPSA) is 118 Å². The average molecular weight is 540 g/mol. The molecular weight excluding hydrogens is 514 g/mol. The molecule has 10 heteroatoms. The van der Waals surface area contributed by atoms with Gasteiger partial charge in [-0.1, -0.05) is 35.9 Å². The fourth-order valence-electron chi connectivity index (χ4n) is 4.08. The van der Waals surface area contributed by atoms with Crippen LogP contribution in [-0.4, -0.2) is 42.8 Å². The van der Waals surface area contributed by atoms with E-state index in [1.807, 2.05) is 47.2 Å². The van der Waals surface area contributed by atoms with E-state index in [1.54, 1.807) is 30.3 Å². The summed E-state index contributed by atoms with van der Waals surface area (Å²) in [5, 5.41) is 13.6. The van der Waals surface area contributed by atoms with Crippen molar-refractivity contribution in [2.24, 2.45) is 0 Å². The number of benzene rings is 3. The van der Waals surface area contributed by atoms with Crippen LogP contribution in [-0.2, 0) is 34.2 Å². The smallest absolute Gasteiger partial charge is 0.307 e. The number of rotatable bonds is 10. The number of hydrogen-bond donors (Lipinski definition) is 3. The van der Waals surface area contributed by atoms with E-state index < -0.39 is 16.0 Å². The highest BCUT2D eigenvalue weighted by Gasteiger charge is 2.14. The van der Waals surface area contributed by atoms with Crippen LogP contribution in [0.25, 0.3) is 16.6 Å². The Bertz CT molecular complexity index is 1560. The molecule has 8 nitrogen and oxygen atoms in total. The lowest BCUT2D eigenvalue weighted by molar-refractivity contribution is -0.136. The minimum atomic E-state index is -3.45. The first-order chi connectivity index (χ1) is 17.6. The molecule has 1 amide bonds. The summed E-state index contributed by atoms with van der Waals surface area (Å²) >= 11 is 5.91. The predicted octanol–water partition coefficient (Wildman–Crippen LogP) is 3.93. The summed E-state index contributed by atoms with van der Waals surface area (Å²) < 4.78 is 27.8. The molecule has 0 aliphatic rings. The van der Waals surface area contributed by atoms with Crippen LogP contribution < -0.4 is 10.0 Å². The van der Waals surface area contributed by atoms with E-state index in [-0.39, 0.29) is 18.9 Å². The van der Waals surface area contributed by atoms with Gasteiger partial charge >= 0.3 is 5.97 Å². The molecule has 192 valence electrons. The van der Waals surface area contributed by atoms with Crippen molar-refractivity contribution in [1.82, 2.24) is 14.6 Å². The van der Waals surface area contributed by atoms with E-state index in [0.29, 0.717) is 40.4 Å². The highest BCUT2D eigenvalue weighted by Crippen LogP contribution is 2.25. The molecule has 0 saturated carbocycles. The van der Waals surface area contributed by atoms with Crippen LogP contribution in [0.5, 0.6) is 0 Å². The first-order valence-electron chi connectivity index (χ1n) is 11.5. The molecule has 3 aromatic carbocycles. The van der Waals surface area contributed by atoms with Crippen LogP contribution in [0, 0.1) is 0 Å². The van der Waals surface area contributed by atoms with Crippen LogP contribution in [0.15, 0.2) is 72.9 Å². The second-order valence-corrected chi connectivity index (χ2v) is 11.0. The highest BCUT2D eigenvalue weighted by atomic mass is 35.5. The summed E-state index contributed by atoms with van der Waals surface area (Å²) in [5.74, 6) is -1.15. The lowest BCUT2D eigenvalue weighted by Crippen LogP contribution is -2.25. The fourth-order valence-corrected chi connectivity index (χ4v) is 4.62. The Kier molecular flexibility index (Phi) is 7.97. The maximum absolute atomic E-state index is 12.7. The molecule has 4 aromatic rings. The van der Waals surface area contributed by atoms with E-state index in [4.69, 9.17) is 16.7 Å². The van der Waals surface area contributed by atoms with E-state index in [2.05, 4.69) is 10.0 Å². The lowest BCUT2D eigenvalue weighted by Gasteiger charge is -2.14. The van der Waals surface area contributed by atoms with Gasteiger partial charge < -0.3 is 15.0 Å². The molecule has 4 rings (SSSR count). The average Bonchev–Trinajstić information content (AvgIpc) is 3.26. The van der Waals surface area contributed by atoms with Gasteiger partial charge in [-0.25, -0.2) is 13.1 Å². The Hall–Kier alpha value is -3.66. The zero-order valence-electron chi connectivity index (χ0n) is 20.1. The predicted molar refractivity (Wildman–Crippen MR) is 144 cm³/mol. The molecule has 0 radical (unpaired) electrons. The second kappa shape index (κ2) is 11.2. The van der Waals surface area contributed by atoms with Crippen molar-refractivity contribution >= 4 is 44.4 Å². The Morgan fingerprint density at radius 2 is 1.70 bits per heavy atom. The first kappa shape index (κ1) is 26.4. The van der Waals surface area contributed by atoms with E-state index >= 15 is 0 Å². The summed E-state index contributed by atoms with van der Waals surface area (Å²) in [6.07, 6.45) is 3.42. The standard InChI is InChI=1S/C27H26ClN3O5S/c1-37(35,36)30-17-22-14-19(15-26(32)33)4-8-25(22)31-13-11-20-16-21(5-9-24(20)31)27(34)29-12-10-18-2-6-23(28)7-3-18/h2-9,11,13-14,16,30H,10,12,15,17H2,1H3,(H,29,34)(H,32,33). The summed E-state index contributed by atoms with van der Waals surface area (Å²) in [4.78, 5) is 23.9. The molecule has 1 aromatic heterocycles. The number of sulfonamides is 1. The van der Waals surface area contributed by atoms with Gasteiger partial charge in [-0.2, -0.15) is 0 Å². The SMILES string of the molecule is CS(=O)(=O)NCc1cc(CC(=O)O)ccc1-n1ccc2cc(C(=O)NCCc3ccc(Cl)cc3)ccc21. The normalized spacial score (nSPS) is 11.5. The Balaban J connectivity index is 1.55. The number of carboxylic acids is 1. The van der Waals surface area contributed by atoms with Gasteiger partial charge in [-0.05, 0) is 65.6 Å². The number of carbonyl (C=O) groups excluding carboxylic acids is 1. The summed E-state index contributed by atoms with van der Waals surface area (Å²) in [7, 11) is -3.45. The molecule has 37 heavy (non-hydrogen) atoms. The number of amides is 1. The zero-order chi connectivity index (χ0) is 26.6. The van der Waals surface area contributed by atoms with Crippen LogP contribution in [0.4, 0.5) is 0 Å². The van der Waals surface area contributed by atoms with Crippen molar-refractivity contribution in [1.29, 1.82) is 0 Å². The molecule has 0 atom stereocenters. The zero-order valence-corrected chi connectivity index (χ0v) is 21.6. The quantitative estimate of drug-likeness (QED) is 0.282. The number of nitrogens with zero attached hydrogens (tertiary/aromatic N) is 1. The van der Waals surface area contributed by atoms with Crippen molar-refractivity contribution in [3.05, 3.63) is 100 Å². The van der Waals surface area contributed by atoms with Crippen LogP contribution in [0.2, 0.25) is 5.02 Å². The van der Waals surface area contributed by atoms with Crippen LogP contribution in [0.3, 0.4) is 0 Å². The van der Waals surface area contributed by atoms with Gasteiger partial charge in [0.15, 0.2) is 0 Å². The largest absolute Gasteiger partial charge is 0.481 e. The monoisotopic (exact) mass is 539 g/mol. The van der Waals surface area contributed by atoms with Gasteiger partial charge in [0.25, 0.3) is 5.91 Å². The number of fused-ring (bicyclic) bond motifs is 1. The van der Waals surface area contributed by atoms with Gasteiger partial charge in [-0.3, -0.25) is 9.59 Å². The molecule has 1 heterocycles. The van der Waals surface area contributed by atoms with Gasteiger partial charge in [0, 0.05) is 35.3 Å². The van der Waals surface area contributed by atoms with E-state index in [9.17, 15) is 18.0 Å². The second-order valence-electron chi connectivity index (χ2n) is 8.72. The molecule has 0 aliphatic heterocycles. The van der Waals surface area contributed by atoms with Gasteiger partial charge in [0.1, 0.15) is 0 Å². The summed E-state index contributed by atoms with van der Waals surface area (Å²) in [6, 6.07) is 19.9. The third-order valence-corrected chi connectivity index (χ3v) is 6.77. The number of aliphatic carboxylic acids is 1. The Morgan fingerprint density at radius 1 is 0.973 bits per heavy atom. The molecular formula is C27H26ClN3O5S. The fraction of sp³-hybridized carbons (Fsp3) is 0.185. The first-order valence-corrected chi connectivity index (χ1v) is 13.8. The Labute approximate surface area is 219 Å². The van der Waals surface area contributed by atoms with E-state index in [1.165, 1.54) is 0 Å². The minimum Gasteiger partial charge on any atom is -0.481 e. The molecule has 0 bridgehead atoms. The summed E-state index contributed by atoms with van der Waals surface area (Å²) in [5.41, 5.74) is 4.33. The third-order valence-electron chi connectivity index (χ3n) is 5.85. The number of aromatic nitrogens is 1. The number of hydrogen-bond acceptors (Lipinski definition) is 4. The maximum Gasteiger partial charge on any atom is 0.307 e. The number of carboxylic acid groups (broad SMARTS) is 1. The highest BCUT2D eigenvalue weighted by molar-refractivity contribution is 7.88. The van der Waals surface area contributed by atoms with Crippen molar-refractivity contribution < 1.29 is 23.1 Å². The molecule has 0 fully saturated rings. The van der Waals surface area contributed by atoms with Crippen molar-refractivity contribution in [3.8, 4) is 5.69 Å². The third kappa shape index (κ3) is 6.97. The van der Waals surface area contributed by atoms with Crippen LogP contribution >= 0.6 is 11.6 Å². The van der Waals surface area contributed by atoms with Gasteiger partial charge in [-0.15, -0.1) is 0 Å².